The zero-order valence-corrected chi connectivity index (χ0v) is 22.0. The molecule has 2 aliphatic rings. The molecular weight excluding hydrogens is 483 g/mol. The van der Waals surface area contributed by atoms with E-state index >= 15 is 0 Å². The van der Waals surface area contributed by atoms with Crippen LogP contribution in [0.25, 0.3) is 10.9 Å². The summed E-state index contributed by atoms with van der Waals surface area (Å²) in [4.78, 5) is 40.8. The highest BCUT2D eigenvalue weighted by Crippen LogP contribution is 2.32. The topological polar surface area (TPSA) is 83.4 Å². The van der Waals surface area contributed by atoms with Crippen LogP contribution in [0.3, 0.4) is 0 Å². The molecule has 2 heterocycles. The zero-order chi connectivity index (χ0) is 26.0. The number of rotatable bonds is 8. The Labute approximate surface area is 216 Å². The van der Waals surface area contributed by atoms with Crippen molar-refractivity contribution in [3.8, 4) is 0 Å². The maximum atomic E-state index is 14.3. The Balaban J connectivity index is 1.60. The van der Waals surface area contributed by atoms with E-state index in [1.54, 1.807) is 20.2 Å². The number of carbonyl (C=O) groups excluding carboxylic acids is 3. The maximum absolute atomic E-state index is 14.3. The third-order valence-electron chi connectivity index (χ3n) is 7.88. The van der Waals surface area contributed by atoms with Gasteiger partial charge in [-0.1, -0.05) is 30.9 Å². The zero-order valence-electron chi connectivity index (χ0n) is 21.3. The molecule has 36 heavy (non-hydrogen) atoms. The van der Waals surface area contributed by atoms with E-state index in [4.69, 9.17) is 11.6 Å². The number of Topliss-reactive ketones (excluding diaryl/α,β-unsaturated/α-hetero) is 1. The number of hydrogen-bond donors (Lipinski definition) is 2. The number of carbonyl (C=O) groups is 3. The van der Waals surface area contributed by atoms with Crippen molar-refractivity contribution in [2.24, 2.45) is 5.92 Å². The van der Waals surface area contributed by atoms with Crippen molar-refractivity contribution in [3.05, 3.63) is 34.7 Å². The SMILES string of the molecule is CNC(C)C(=O)NC(C(=O)N1CCCC1Cn1cc(C(C)=O)c2cc(Cl)c(F)cc21)C1CCCCC1. The standard InChI is InChI=1S/C27H36ClFN4O3/c1-16(30-3)26(35)31-25(18-8-5-4-6-9-18)27(36)33-11-7-10-19(33)14-32-15-21(17(2)34)20-12-22(28)23(29)13-24(20)32/h12-13,15-16,18-19,25,30H,4-11,14H2,1-3H3,(H,31,35). The fourth-order valence-corrected chi connectivity index (χ4v) is 5.86. The largest absolute Gasteiger partial charge is 0.345 e. The molecule has 1 aromatic heterocycles. The predicted molar refractivity (Wildman–Crippen MR) is 139 cm³/mol. The molecule has 2 aromatic rings. The van der Waals surface area contributed by atoms with E-state index in [0.717, 1.165) is 44.9 Å². The number of nitrogens with one attached hydrogen (secondary N) is 2. The van der Waals surface area contributed by atoms with E-state index in [-0.39, 0.29) is 34.6 Å². The Hall–Kier alpha value is -2.45. The average Bonchev–Trinajstić information content (AvgIpc) is 3.47. The summed E-state index contributed by atoms with van der Waals surface area (Å²) in [6, 6.07) is 1.79. The van der Waals surface area contributed by atoms with Crippen molar-refractivity contribution < 1.29 is 18.8 Å². The van der Waals surface area contributed by atoms with Gasteiger partial charge >= 0.3 is 0 Å². The molecule has 4 rings (SSSR count). The molecule has 9 heteroatoms. The fourth-order valence-electron chi connectivity index (χ4n) is 5.70. The minimum atomic E-state index is -0.556. The minimum absolute atomic E-state index is 0.0257. The molecule has 0 radical (unpaired) electrons. The van der Waals surface area contributed by atoms with Crippen LogP contribution in [-0.2, 0) is 16.1 Å². The third kappa shape index (κ3) is 5.44. The molecule has 2 fully saturated rings. The van der Waals surface area contributed by atoms with E-state index in [1.165, 1.54) is 19.1 Å². The smallest absolute Gasteiger partial charge is 0.245 e. The molecule has 196 valence electrons. The number of ketones is 1. The lowest BCUT2D eigenvalue weighted by Crippen LogP contribution is -2.56. The molecule has 1 saturated carbocycles. The van der Waals surface area contributed by atoms with Crippen molar-refractivity contribution in [1.82, 2.24) is 20.1 Å². The number of nitrogens with zero attached hydrogens (tertiary/aromatic N) is 2. The second kappa shape index (κ2) is 11.3. The van der Waals surface area contributed by atoms with E-state index in [2.05, 4.69) is 10.6 Å². The lowest BCUT2D eigenvalue weighted by Gasteiger charge is -2.35. The molecule has 1 aliphatic carbocycles. The normalized spacial score (nSPS) is 20.5. The molecule has 1 aliphatic heterocycles. The highest BCUT2D eigenvalue weighted by atomic mass is 35.5. The second-order valence-electron chi connectivity index (χ2n) is 10.3. The van der Waals surface area contributed by atoms with E-state index in [0.29, 0.717) is 29.6 Å². The third-order valence-corrected chi connectivity index (χ3v) is 8.17. The van der Waals surface area contributed by atoms with Crippen LogP contribution in [0.2, 0.25) is 5.02 Å². The van der Waals surface area contributed by atoms with Gasteiger partial charge in [0.25, 0.3) is 0 Å². The first-order chi connectivity index (χ1) is 17.2. The van der Waals surface area contributed by atoms with Crippen LogP contribution in [0.1, 0.15) is 69.2 Å². The molecule has 3 atom stereocenters. The van der Waals surface area contributed by atoms with Gasteiger partial charge in [-0.15, -0.1) is 0 Å². The Morgan fingerprint density at radius 3 is 2.53 bits per heavy atom. The van der Waals surface area contributed by atoms with E-state index < -0.39 is 17.9 Å². The number of fused-ring (bicyclic) bond motifs is 1. The molecule has 0 bridgehead atoms. The monoisotopic (exact) mass is 518 g/mol. The van der Waals surface area contributed by atoms with Gasteiger partial charge in [0.15, 0.2) is 5.78 Å². The highest BCUT2D eigenvalue weighted by Gasteiger charge is 2.39. The first kappa shape index (κ1) is 26.6. The molecule has 1 aromatic carbocycles. The Bertz CT molecular complexity index is 1140. The summed E-state index contributed by atoms with van der Waals surface area (Å²) < 4.78 is 16.2. The minimum Gasteiger partial charge on any atom is -0.345 e. The highest BCUT2D eigenvalue weighted by molar-refractivity contribution is 6.31. The van der Waals surface area contributed by atoms with Crippen LogP contribution in [0.15, 0.2) is 18.3 Å². The predicted octanol–water partition coefficient (Wildman–Crippen LogP) is 4.30. The lowest BCUT2D eigenvalue weighted by atomic mass is 9.83. The van der Waals surface area contributed by atoms with Crippen molar-refractivity contribution >= 4 is 40.1 Å². The van der Waals surface area contributed by atoms with E-state index in [9.17, 15) is 18.8 Å². The Morgan fingerprint density at radius 1 is 1.14 bits per heavy atom. The van der Waals surface area contributed by atoms with Crippen molar-refractivity contribution in [2.75, 3.05) is 13.6 Å². The van der Waals surface area contributed by atoms with Crippen molar-refractivity contribution in [3.63, 3.8) is 0 Å². The first-order valence-corrected chi connectivity index (χ1v) is 13.4. The van der Waals surface area contributed by atoms with Gasteiger partial charge in [0.2, 0.25) is 11.8 Å². The number of likely N-dealkylation sites (N-methyl/N-ethyl adjacent to an activating group) is 1. The maximum Gasteiger partial charge on any atom is 0.245 e. The number of likely N-dealkylation sites (tertiary alicyclic amines) is 1. The summed E-state index contributed by atoms with van der Waals surface area (Å²) >= 11 is 6.00. The van der Waals surface area contributed by atoms with Crippen molar-refractivity contribution in [1.29, 1.82) is 0 Å². The molecule has 1 saturated heterocycles. The van der Waals surface area contributed by atoms with Gasteiger partial charge in [-0.2, -0.15) is 0 Å². The molecule has 7 nitrogen and oxygen atoms in total. The first-order valence-electron chi connectivity index (χ1n) is 13.0. The summed E-state index contributed by atoms with van der Waals surface area (Å²) in [6.07, 6.45) is 8.52. The summed E-state index contributed by atoms with van der Waals surface area (Å²) in [5.41, 5.74) is 1.07. The Kier molecular flexibility index (Phi) is 8.35. The van der Waals surface area contributed by atoms with Gasteiger partial charge < -0.3 is 20.1 Å². The molecule has 0 spiro atoms. The summed E-state index contributed by atoms with van der Waals surface area (Å²) in [7, 11) is 1.73. The van der Waals surface area contributed by atoms with E-state index in [1.807, 2.05) is 9.47 Å². The molecule has 2 amide bonds. The van der Waals surface area contributed by atoms with Crippen LogP contribution in [0.5, 0.6) is 0 Å². The molecular formula is C27H36ClFN4O3. The summed E-state index contributed by atoms with van der Waals surface area (Å²) in [5, 5.41) is 6.59. The number of amides is 2. The van der Waals surface area contributed by atoms with Gasteiger partial charge in [-0.3, -0.25) is 14.4 Å². The number of aromatic nitrogens is 1. The lowest BCUT2D eigenvalue weighted by molar-refractivity contribution is -0.139. The number of halogens is 2. The summed E-state index contributed by atoms with van der Waals surface area (Å²) in [6.45, 7) is 4.31. The van der Waals surface area contributed by atoms with Gasteiger partial charge in [0.1, 0.15) is 11.9 Å². The van der Waals surface area contributed by atoms with Crippen LogP contribution < -0.4 is 10.6 Å². The average molecular weight is 519 g/mol. The molecule has 3 unspecified atom stereocenters. The van der Waals surface area contributed by atoms with Crippen LogP contribution in [0.4, 0.5) is 4.39 Å². The number of hydrogen-bond acceptors (Lipinski definition) is 4. The summed E-state index contributed by atoms with van der Waals surface area (Å²) in [5.74, 6) is -0.768. The van der Waals surface area contributed by atoms with Crippen molar-refractivity contribution in [2.45, 2.75) is 83.5 Å². The van der Waals surface area contributed by atoms with Gasteiger partial charge in [-0.25, -0.2) is 4.39 Å². The molecule has 2 N–H and O–H groups in total. The Morgan fingerprint density at radius 2 is 1.86 bits per heavy atom. The van der Waals surface area contributed by atoms with Crippen LogP contribution in [0, 0.1) is 11.7 Å². The van der Waals surface area contributed by atoms with Gasteiger partial charge in [-0.05, 0) is 64.6 Å². The fraction of sp³-hybridized carbons (Fsp3) is 0.593. The van der Waals surface area contributed by atoms with Gasteiger partial charge in [0.05, 0.1) is 16.6 Å². The second-order valence-corrected chi connectivity index (χ2v) is 10.7. The van der Waals surface area contributed by atoms with Gasteiger partial charge in [0, 0.05) is 36.3 Å². The number of benzene rings is 1. The quantitative estimate of drug-likeness (QED) is 0.510. The van der Waals surface area contributed by atoms with Crippen LogP contribution in [-0.4, -0.2) is 58.8 Å². The van der Waals surface area contributed by atoms with Crippen LogP contribution >= 0.6 is 11.6 Å².